The van der Waals surface area contributed by atoms with E-state index in [0.29, 0.717) is 21.9 Å². The largest absolute Gasteiger partial charge is 0.465 e. The Balaban J connectivity index is 2.26. The van der Waals surface area contributed by atoms with Gasteiger partial charge in [0.15, 0.2) is 10.5 Å². The predicted molar refractivity (Wildman–Crippen MR) is 105 cm³/mol. The molecule has 0 aliphatic carbocycles. The number of hydrogen-bond acceptors (Lipinski definition) is 5. The Bertz CT molecular complexity index is 1120. The van der Waals surface area contributed by atoms with Crippen molar-refractivity contribution in [3.8, 4) is 5.69 Å². The minimum atomic E-state index is -0.396. The van der Waals surface area contributed by atoms with Gasteiger partial charge in [-0.25, -0.2) is 14.5 Å². The van der Waals surface area contributed by atoms with Gasteiger partial charge in [0, 0.05) is 19.3 Å². The van der Waals surface area contributed by atoms with E-state index in [1.54, 1.807) is 9.36 Å². The minimum Gasteiger partial charge on any atom is -0.465 e. The Labute approximate surface area is 160 Å². The normalized spacial score (nSPS) is 11.8. The first-order chi connectivity index (χ1) is 12.9. The van der Waals surface area contributed by atoms with E-state index < -0.39 is 5.97 Å². The molecule has 142 valence electrons. The standard InChI is InChI=1S/C19H22N4O3S/c1-6-22-13(3)16(18(25)26-5)27-19(22)20-15-12(2)21(4)23(17(15)24)14-10-8-7-9-11-14/h7-11H,6H2,1-5H3. The highest BCUT2D eigenvalue weighted by atomic mass is 32.1. The molecular weight excluding hydrogens is 364 g/mol. The molecule has 2 heterocycles. The van der Waals surface area contributed by atoms with E-state index in [4.69, 9.17) is 4.74 Å². The molecule has 0 bridgehead atoms. The second-order valence-electron chi connectivity index (χ2n) is 6.06. The first kappa shape index (κ1) is 18.9. The number of benzene rings is 1. The van der Waals surface area contributed by atoms with Crippen LogP contribution in [0, 0.1) is 13.8 Å². The number of ether oxygens (including phenoxy) is 1. The zero-order valence-corrected chi connectivity index (χ0v) is 16.8. The van der Waals surface area contributed by atoms with Crippen LogP contribution in [-0.2, 0) is 18.3 Å². The van der Waals surface area contributed by atoms with Gasteiger partial charge in [-0.3, -0.25) is 9.48 Å². The second-order valence-corrected chi connectivity index (χ2v) is 7.03. The van der Waals surface area contributed by atoms with E-state index in [1.165, 1.54) is 18.4 Å². The lowest BCUT2D eigenvalue weighted by Gasteiger charge is -2.07. The lowest BCUT2D eigenvalue weighted by molar-refractivity contribution is 0.0605. The Morgan fingerprint density at radius 2 is 1.85 bits per heavy atom. The molecule has 0 aliphatic heterocycles. The molecule has 2 aromatic heterocycles. The number of thiazole rings is 1. The molecule has 0 fully saturated rings. The fourth-order valence-corrected chi connectivity index (χ4v) is 4.12. The maximum atomic E-state index is 13.0. The van der Waals surface area contributed by atoms with Gasteiger partial charge in [0.25, 0.3) is 5.56 Å². The molecule has 0 N–H and O–H groups in total. The van der Waals surface area contributed by atoms with Gasteiger partial charge >= 0.3 is 5.97 Å². The summed E-state index contributed by atoms with van der Waals surface area (Å²) >= 11 is 1.23. The van der Waals surface area contributed by atoms with Crippen LogP contribution in [0.25, 0.3) is 5.69 Å². The summed E-state index contributed by atoms with van der Waals surface area (Å²) in [5.41, 5.74) is 2.47. The van der Waals surface area contributed by atoms with Gasteiger partial charge < -0.3 is 9.30 Å². The van der Waals surface area contributed by atoms with Crippen molar-refractivity contribution >= 4 is 23.0 Å². The third-order valence-corrected chi connectivity index (χ3v) is 5.74. The number of para-hydroxylation sites is 1. The lowest BCUT2D eigenvalue weighted by atomic mass is 10.3. The summed E-state index contributed by atoms with van der Waals surface area (Å²) in [7, 11) is 3.19. The average Bonchev–Trinajstić information content (AvgIpc) is 3.10. The van der Waals surface area contributed by atoms with Crippen LogP contribution in [-0.4, -0.2) is 27.0 Å². The molecule has 0 spiro atoms. The van der Waals surface area contributed by atoms with Gasteiger partial charge in [-0.1, -0.05) is 29.5 Å². The molecule has 1 aromatic carbocycles. The number of nitrogens with zero attached hydrogens (tertiary/aromatic N) is 4. The van der Waals surface area contributed by atoms with Gasteiger partial charge in [-0.2, -0.15) is 0 Å². The molecule has 0 aliphatic rings. The van der Waals surface area contributed by atoms with Crippen LogP contribution in [0.4, 0.5) is 5.69 Å². The zero-order chi connectivity index (χ0) is 19.7. The van der Waals surface area contributed by atoms with E-state index in [1.807, 2.05) is 62.7 Å². The molecular formula is C19H22N4O3S. The molecule has 3 aromatic rings. The van der Waals surface area contributed by atoms with Crippen molar-refractivity contribution in [3.63, 3.8) is 0 Å². The monoisotopic (exact) mass is 386 g/mol. The highest BCUT2D eigenvalue weighted by Crippen LogP contribution is 2.18. The first-order valence-electron chi connectivity index (χ1n) is 8.58. The van der Waals surface area contributed by atoms with Crippen molar-refractivity contribution in [1.82, 2.24) is 13.9 Å². The minimum absolute atomic E-state index is 0.200. The fraction of sp³-hybridized carbons (Fsp3) is 0.316. The van der Waals surface area contributed by atoms with Crippen molar-refractivity contribution in [2.24, 2.45) is 12.0 Å². The zero-order valence-electron chi connectivity index (χ0n) is 16.0. The van der Waals surface area contributed by atoms with Crippen LogP contribution in [0.15, 0.2) is 40.1 Å². The van der Waals surface area contributed by atoms with Crippen LogP contribution in [0.1, 0.15) is 28.0 Å². The van der Waals surface area contributed by atoms with Crippen LogP contribution < -0.4 is 10.4 Å². The molecule has 0 amide bonds. The summed E-state index contributed by atoms with van der Waals surface area (Å²) in [6.07, 6.45) is 0. The summed E-state index contributed by atoms with van der Waals surface area (Å²) in [6.45, 7) is 6.32. The average molecular weight is 386 g/mol. The summed E-state index contributed by atoms with van der Waals surface area (Å²) in [5, 5.41) is 0. The topological polar surface area (TPSA) is 70.5 Å². The van der Waals surface area contributed by atoms with E-state index in [2.05, 4.69) is 4.99 Å². The van der Waals surface area contributed by atoms with Crippen molar-refractivity contribution < 1.29 is 9.53 Å². The summed E-state index contributed by atoms with van der Waals surface area (Å²) in [6, 6.07) is 9.43. The summed E-state index contributed by atoms with van der Waals surface area (Å²) < 4.78 is 10.1. The molecule has 7 nitrogen and oxygen atoms in total. The molecule has 0 saturated heterocycles. The first-order valence-corrected chi connectivity index (χ1v) is 9.39. The van der Waals surface area contributed by atoms with Gasteiger partial charge in [0.1, 0.15) is 4.88 Å². The van der Waals surface area contributed by atoms with Gasteiger partial charge in [0.05, 0.1) is 18.5 Å². The Morgan fingerprint density at radius 1 is 1.19 bits per heavy atom. The van der Waals surface area contributed by atoms with Gasteiger partial charge in [-0.05, 0) is 32.9 Å². The highest BCUT2D eigenvalue weighted by molar-refractivity contribution is 7.11. The number of aromatic nitrogens is 3. The van der Waals surface area contributed by atoms with E-state index in [9.17, 15) is 9.59 Å². The van der Waals surface area contributed by atoms with Crippen LogP contribution >= 0.6 is 11.3 Å². The molecule has 0 saturated carbocycles. The van der Waals surface area contributed by atoms with E-state index >= 15 is 0 Å². The smallest absolute Gasteiger partial charge is 0.349 e. The summed E-state index contributed by atoms with van der Waals surface area (Å²) in [4.78, 5) is 30.8. The predicted octanol–water partition coefficient (Wildman–Crippen LogP) is 2.69. The van der Waals surface area contributed by atoms with E-state index in [0.717, 1.165) is 17.1 Å². The molecule has 3 rings (SSSR count). The molecule has 0 radical (unpaired) electrons. The molecule has 0 unspecified atom stereocenters. The molecule has 27 heavy (non-hydrogen) atoms. The second kappa shape index (κ2) is 7.40. The third kappa shape index (κ3) is 3.16. The van der Waals surface area contributed by atoms with Gasteiger partial charge in [0.2, 0.25) is 0 Å². The number of rotatable bonds is 4. The number of methoxy groups -OCH3 is 1. The Hall–Kier alpha value is -2.87. The Morgan fingerprint density at radius 3 is 2.44 bits per heavy atom. The van der Waals surface area contributed by atoms with Crippen molar-refractivity contribution in [2.75, 3.05) is 7.11 Å². The number of hydrogen-bond donors (Lipinski definition) is 0. The van der Waals surface area contributed by atoms with Crippen molar-refractivity contribution in [3.05, 3.63) is 61.8 Å². The molecule has 8 heteroatoms. The quantitative estimate of drug-likeness (QED) is 0.647. The van der Waals surface area contributed by atoms with Crippen LogP contribution in [0.3, 0.4) is 0 Å². The summed E-state index contributed by atoms with van der Waals surface area (Å²) in [5.74, 6) is -0.396. The number of carbonyl (C=O) groups is 1. The SMILES string of the molecule is CCn1c(C)c(C(=O)OC)sc1=Nc1c(C)n(C)n(-c2ccccc2)c1=O. The Kier molecular flexibility index (Phi) is 5.18. The van der Waals surface area contributed by atoms with Crippen LogP contribution in [0.5, 0.6) is 0 Å². The maximum Gasteiger partial charge on any atom is 0.349 e. The highest BCUT2D eigenvalue weighted by Gasteiger charge is 2.19. The third-order valence-electron chi connectivity index (χ3n) is 4.58. The van der Waals surface area contributed by atoms with Crippen LogP contribution in [0.2, 0.25) is 0 Å². The van der Waals surface area contributed by atoms with Gasteiger partial charge in [-0.15, -0.1) is 0 Å². The van der Waals surface area contributed by atoms with Crippen molar-refractivity contribution in [2.45, 2.75) is 27.3 Å². The number of carbonyl (C=O) groups excluding carboxylic acids is 1. The van der Waals surface area contributed by atoms with E-state index in [-0.39, 0.29) is 5.56 Å². The van der Waals surface area contributed by atoms with Crippen molar-refractivity contribution in [1.29, 1.82) is 0 Å². The number of esters is 1. The fourth-order valence-electron chi connectivity index (χ4n) is 3.00. The molecule has 0 atom stereocenters. The lowest BCUT2D eigenvalue weighted by Crippen LogP contribution is -2.20. The maximum absolute atomic E-state index is 13.0.